The van der Waals surface area contributed by atoms with Crippen molar-refractivity contribution < 1.29 is 22.9 Å². The van der Waals surface area contributed by atoms with Crippen LogP contribution in [0.15, 0.2) is 53.3 Å². The highest BCUT2D eigenvalue weighted by atomic mass is 19.4. The van der Waals surface area contributed by atoms with Crippen LogP contribution >= 0.6 is 0 Å². The van der Waals surface area contributed by atoms with E-state index in [1.165, 1.54) is 31.3 Å². The molecule has 2 aromatic carbocycles. The highest BCUT2D eigenvalue weighted by molar-refractivity contribution is 6.06. The zero-order valence-corrected chi connectivity index (χ0v) is 15.0. The summed E-state index contributed by atoms with van der Waals surface area (Å²) in [6, 6.07) is 9.23. The molecule has 0 bridgehead atoms. The topological polar surface area (TPSA) is 96.3 Å². The summed E-state index contributed by atoms with van der Waals surface area (Å²) in [5, 5.41) is 11.2. The Hall–Kier alpha value is -3.69. The largest absolute Gasteiger partial charge is 0.416 e. The molecule has 0 saturated heterocycles. The lowest BCUT2D eigenvalue weighted by molar-refractivity contribution is -0.384. The minimum absolute atomic E-state index is 0.0816. The van der Waals surface area contributed by atoms with E-state index in [1.54, 1.807) is 0 Å². The van der Waals surface area contributed by atoms with Gasteiger partial charge in [0.25, 0.3) is 11.6 Å². The number of nitrogens with one attached hydrogen (secondary N) is 1. The van der Waals surface area contributed by atoms with Gasteiger partial charge in [-0.05, 0) is 23.8 Å². The minimum Gasteiger partial charge on any atom is -0.337 e. The van der Waals surface area contributed by atoms with E-state index in [1.807, 2.05) is 0 Å². The number of nitro groups is 1. The summed E-state index contributed by atoms with van der Waals surface area (Å²) in [6.45, 7) is -0.147. The number of nitro benzene ring substituents is 1. The molecular formula is C19H14F3N3O4. The molecule has 150 valence electrons. The summed E-state index contributed by atoms with van der Waals surface area (Å²) in [7, 11) is 1.37. The molecule has 0 saturated carbocycles. The highest BCUT2D eigenvalue weighted by Crippen LogP contribution is 2.30. The van der Waals surface area contributed by atoms with Crippen LogP contribution in [0.3, 0.4) is 0 Å². The Morgan fingerprint density at radius 2 is 1.90 bits per heavy atom. The minimum atomic E-state index is -4.51. The van der Waals surface area contributed by atoms with Crippen LogP contribution in [0, 0.1) is 10.1 Å². The molecule has 1 heterocycles. The summed E-state index contributed by atoms with van der Waals surface area (Å²) >= 11 is 0. The smallest absolute Gasteiger partial charge is 0.337 e. The van der Waals surface area contributed by atoms with Crippen LogP contribution in [0.1, 0.15) is 21.5 Å². The van der Waals surface area contributed by atoms with E-state index in [2.05, 4.69) is 4.98 Å². The predicted molar refractivity (Wildman–Crippen MR) is 98.5 cm³/mol. The maximum atomic E-state index is 12.9. The second-order valence-corrected chi connectivity index (χ2v) is 6.39. The van der Waals surface area contributed by atoms with Gasteiger partial charge >= 0.3 is 6.18 Å². The quantitative estimate of drug-likeness (QED) is 0.528. The van der Waals surface area contributed by atoms with E-state index in [-0.39, 0.29) is 34.3 Å². The molecule has 29 heavy (non-hydrogen) atoms. The number of carbonyl (C=O) groups excluding carboxylic acids is 1. The van der Waals surface area contributed by atoms with Gasteiger partial charge in [0.15, 0.2) is 0 Å². The zero-order chi connectivity index (χ0) is 21.3. The normalized spacial score (nSPS) is 11.4. The van der Waals surface area contributed by atoms with Crippen LogP contribution < -0.4 is 5.56 Å². The number of non-ortho nitro benzene ring substituents is 1. The maximum Gasteiger partial charge on any atom is 0.416 e. The van der Waals surface area contributed by atoms with Crippen molar-refractivity contribution in [2.45, 2.75) is 12.7 Å². The molecule has 1 aromatic heterocycles. The number of halogens is 3. The Bertz CT molecular complexity index is 1170. The van der Waals surface area contributed by atoms with E-state index in [0.717, 1.165) is 29.2 Å². The SMILES string of the molecule is CN(Cc1cccc(C(F)(F)F)c1)C(=O)c1cc(=O)[nH]c2ccc([N+](=O)[O-])cc12. The Kier molecular flexibility index (Phi) is 5.10. The molecule has 0 atom stereocenters. The van der Waals surface area contributed by atoms with Gasteiger partial charge in [-0.25, -0.2) is 0 Å². The first-order valence-electron chi connectivity index (χ1n) is 8.29. The summed E-state index contributed by atoms with van der Waals surface area (Å²) in [5.74, 6) is -0.654. The number of carbonyl (C=O) groups is 1. The van der Waals surface area contributed by atoms with E-state index < -0.39 is 28.1 Å². The van der Waals surface area contributed by atoms with Crippen LogP contribution in [0.5, 0.6) is 0 Å². The third kappa shape index (κ3) is 4.26. The monoisotopic (exact) mass is 405 g/mol. The number of hydrogen-bond donors (Lipinski definition) is 1. The summed E-state index contributed by atoms with van der Waals surface area (Å²) < 4.78 is 38.6. The second-order valence-electron chi connectivity index (χ2n) is 6.39. The van der Waals surface area contributed by atoms with Crippen molar-refractivity contribution in [3.8, 4) is 0 Å². The van der Waals surface area contributed by atoms with Crippen LogP contribution in [-0.2, 0) is 12.7 Å². The number of H-pyrrole nitrogens is 1. The summed E-state index contributed by atoms with van der Waals surface area (Å²) in [6.07, 6.45) is -4.51. The van der Waals surface area contributed by atoms with E-state index in [4.69, 9.17) is 0 Å². The van der Waals surface area contributed by atoms with Gasteiger partial charge in [0, 0.05) is 42.7 Å². The average Bonchev–Trinajstić information content (AvgIpc) is 2.65. The Morgan fingerprint density at radius 1 is 1.17 bits per heavy atom. The van der Waals surface area contributed by atoms with Gasteiger partial charge in [-0.15, -0.1) is 0 Å². The molecule has 0 aliphatic carbocycles. The Labute approximate surface area is 161 Å². The van der Waals surface area contributed by atoms with Crippen molar-refractivity contribution in [1.29, 1.82) is 0 Å². The standard InChI is InChI=1S/C19H14F3N3O4/c1-24(10-11-3-2-4-12(7-11)19(20,21)22)18(27)15-9-17(26)23-16-6-5-13(25(28)29)8-14(15)16/h2-9H,10H2,1H3,(H,23,26). The third-order valence-corrected chi connectivity index (χ3v) is 4.29. The molecule has 3 aromatic rings. The molecule has 1 N–H and O–H groups in total. The molecule has 0 unspecified atom stereocenters. The van der Waals surface area contributed by atoms with E-state index in [9.17, 15) is 32.9 Å². The summed E-state index contributed by atoms with van der Waals surface area (Å²) in [4.78, 5) is 38.8. The number of rotatable bonds is 4. The highest BCUT2D eigenvalue weighted by Gasteiger charge is 2.30. The van der Waals surface area contributed by atoms with Crippen LogP contribution in [0.4, 0.5) is 18.9 Å². The predicted octanol–water partition coefficient (Wildman–Crippen LogP) is 3.73. The van der Waals surface area contributed by atoms with E-state index >= 15 is 0 Å². The molecule has 10 heteroatoms. The first-order valence-corrected chi connectivity index (χ1v) is 8.29. The van der Waals surface area contributed by atoms with Gasteiger partial charge in [-0.3, -0.25) is 19.7 Å². The molecule has 7 nitrogen and oxygen atoms in total. The lowest BCUT2D eigenvalue weighted by atomic mass is 10.1. The number of hydrogen-bond acceptors (Lipinski definition) is 4. The molecule has 0 radical (unpaired) electrons. The van der Waals surface area contributed by atoms with Gasteiger partial charge in [-0.2, -0.15) is 13.2 Å². The molecule has 0 aliphatic rings. The lowest BCUT2D eigenvalue weighted by Gasteiger charge is -2.19. The number of fused-ring (bicyclic) bond motifs is 1. The number of amides is 1. The average molecular weight is 405 g/mol. The number of aromatic nitrogens is 1. The van der Waals surface area contributed by atoms with Gasteiger partial charge in [-0.1, -0.05) is 12.1 Å². The molecule has 1 amide bonds. The van der Waals surface area contributed by atoms with Gasteiger partial charge in [0.1, 0.15) is 0 Å². The lowest BCUT2D eigenvalue weighted by Crippen LogP contribution is -2.27. The van der Waals surface area contributed by atoms with Crippen LogP contribution in [0.25, 0.3) is 10.9 Å². The Morgan fingerprint density at radius 3 is 2.55 bits per heavy atom. The fourth-order valence-corrected chi connectivity index (χ4v) is 2.93. The molecule has 0 aliphatic heterocycles. The van der Waals surface area contributed by atoms with Crippen molar-refractivity contribution >= 4 is 22.5 Å². The first kappa shape index (κ1) is 20.1. The molecular weight excluding hydrogens is 391 g/mol. The van der Waals surface area contributed by atoms with Crippen molar-refractivity contribution in [1.82, 2.24) is 9.88 Å². The molecule has 0 fully saturated rings. The van der Waals surface area contributed by atoms with E-state index in [0.29, 0.717) is 0 Å². The van der Waals surface area contributed by atoms with Crippen LogP contribution in [0.2, 0.25) is 0 Å². The van der Waals surface area contributed by atoms with Crippen molar-refractivity contribution in [3.63, 3.8) is 0 Å². The van der Waals surface area contributed by atoms with Gasteiger partial charge in [0.05, 0.1) is 16.1 Å². The van der Waals surface area contributed by atoms with Gasteiger partial charge < -0.3 is 9.88 Å². The fourth-order valence-electron chi connectivity index (χ4n) is 2.93. The zero-order valence-electron chi connectivity index (χ0n) is 15.0. The third-order valence-electron chi connectivity index (χ3n) is 4.29. The summed E-state index contributed by atoms with van der Waals surface area (Å²) in [5.41, 5.74) is -1.29. The number of nitrogens with zero attached hydrogens (tertiary/aromatic N) is 2. The number of aromatic amines is 1. The van der Waals surface area contributed by atoms with Crippen molar-refractivity contribution in [2.75, 3.05) is 7.05 Å². The number of benzene rings is 2. The number of alkyl halides is 3. The van der Waals surface area contributed by atoms with Crippen LogP contribution in [-0.4, -0.2) is 27.8 Å². The van der Waals surface area contributed by atoms with Gasteiger partial charge in [0.2, 0.25) is 5.56 Å². The second kappa shape index (κ2) is 7.38. The molecule has 0 spiro atoms. The molecule has 3 rings (SSSR count). The maximum absolute atomic E-state index is 12.9. The Balaban J connectivity index is 1.97. The van der Waals surface area contributed by atoms with Crippen molar-refractivity contribution in [2.24, 2.45) is 0 Å². The van der Waals surface area contributed by atoms with Crippen molar-refractivity contribution in [3.05, 3.63) is 85.7 Å². The number of pyridine rings is 1. The first-order chi connectivity index (χ1) is 13.6. The fraction of sp³-hybridized carbons (Fsp3) is 0.158.